The third-order valence-corrected chi connectivity index (χ3v) is 4.79. The zero-order valence-electron chi connectivity index (χ0n) is 16.5. The smallest absolute Gasteiger partial charge is 0.331 e. The van der Waals surface area contributed by atoms with E-state index in [1.807, 2.05) is 0 Å². The number of carbonyl (C=O) groups excluding carboxylic acids is 2. The van der Waals surface area contributed by atoms with Crippen molar-refractivity contribution >= 4 is 35.0 Å². The van der Waals surface area contributed by atoms with Crippen LogP contribution in [0.3, 0.4) is 0 Å². The predicted molar refractivity (Wildman–Crippen MR) is 116 cm³/mol. The number of rotatable bonds is 4. The molecule has 2 aromatic carbocycles. The van der Waals surface area contributed by atoms with Crippen molar-refractivity contribution in [2.45, 2.75) is 0 Å². The Balaban J connectivity index is 1.78. The molecule has 3 rings (SSSR count). The van der Waals surface area contributed by atoms with Crippen molar-refractivity contribution in [2.75, 3.05) is 14.2 Å². The summed E-state index contributed by atoms with van der Waals surface area (Å²) in [7, 11) is 2.79. The molecule has 0 aromatic heterocycles. The van der Waals surface area contributed by atoms with Gasteiger partial charge in [-0.15, -0.1) is 5.10 Å². The Hall–Kier alpha value is -3.90. The first-order valence-corrected chi connectivity index (χ1v) is 9.65. The molecule has 1 aliphatic heterocycles. The third kappa shape index (κ3) is 6.04. The van der Waals surface area contributed by atoms with E-state index in [0.717, 1.165) is 23.4 Å². The van der Waals surface area contributed by atoms with Gasteiger partial charge in [-0.3, -0.25) is 10.1 Å². The fourth-order valence-electron chi connectivity index (χ4n) is 2.35. The summed E-state index contributed by atoms with van der Waals surface area (Å²) in [5, 5.41) is 10.5. The van der Waals surface area contributed by atoms with Crippen molar-refractivity contribution in [3.05, 3.63) is 76.0 Å². The number of hydrogen-bond acceptors (Lipinski definition) is 7. The number of amidine groups is 1. The van der Waals surface area contributed by atoms with Gasteiger partial charge in [0.2, 0.25) is 0 Å². The van der Waals surface area contributed by atoms with Crippen LogP contribution in [0.2, 0.25) is 0 Å². The molecular formula is C22H16FN3O4S. The minimum absolute atomic E-state index is 0.147. The van der Waals surface area contributed by atoms with Crippen molar-refractivity contribution in [1.29, 1.82) is 0 Å². The van der Waals surface area contributed by atoms with E-state index in [1.165, 1.54) is 31.5 Å². The summed E-state index contributed by atoms with van der Waals surface area (Å²) in [5.74, 6) is 5.05. The number of esters is 1. The van der Waals surface area contributed by atoms with Crippen LogP contribution in [-0.4, -0.2) is 37.5 Å². The van der Waals surface area contributed by atoms with E-state index in [-0.39, 0.29) is 10.1 Å². The van der Waals surface area contributed by atoms with Crippen LogP contribution < -0.4 is 10.1 Å². The first kappa shape index (κ1) is 21.8. The highest BCUT2D eigenvalue weighted by Gasteiger charge is 2.25. The molecule has 7 nitrogen and oxygen atoms in total. The molecule has 1 heterocycles. The minimum atomic E-state index is -0.645. The van der Waals surface area contributed by atoms with Crippen molar-refractivity contribution < 1.29 is 23.5 Å². The lowest BCUT2D eigenvalue weighted by Gasteiger charge is -1.99. The highest BCUT2D eigenvalue weighted by Crippen LogP contribution is 2.23. The van der Waals surface area contributed by atoms with Crippen LogP contribution in [0.15, 0.2) is 63.6 Å². The fraction of sp³-hybridized carbons (Fsp3) is 0.0909. The van der Waals surface area contributed by atoms with Gasteiger partial charge in [0, 0.05) is 22.8 Å². The summed E-state index contributed by atoms with van der Waals surface area (Å²) >= 11 is 0.952. The Bertz CT molecular complexity index is 1160. The molecule has 2 aromatic rings. The molecule has 9 heteroatoms. The summed E-state index contributed by atoms with van der Waals surface area (Å²) in [6, 6.07) is 11.3. The summed E-state index contributed by atoms with van der Waals surface area (Å²) in [6.07, 6.45) is 2.47. The van der Waals surface area contributed by atoms with E-state index in [2.05, 4.69) is 32.1 Å². The molecule has 1 N–H and O–H groups in total. The van der Waals surface area contributed by atoms with Crippen molar-refractivity contribution in [2.24, 2.45) is 10.2 Å². The molecule has 1 fully saturated rings. The van der Waals surface area contributed by atoms with E-state index in [9.17, 15) is 14.0 Å². The monoisotopic (exact) mass is 437 g/mol. The number of amides is 1. The first-order valence-electron chi connectivity index (χ1n) is 8.84. The molecule has 0 saturated carbocycles. The normalized spacial score (nSPS) is 15.6. The fourth-order valence-corrected chi connectivity index (χ4v) is 3.09. The molecule has 0 aliphatic carbocycles. The first-order chi connectivity index (χ1) is 15.0. The maximum absolute atomic E-state index is 13.7. The van der Waals surface area contributed by atoms with Crippen LogP contribution in [0.1, 0.15) is 16.7 Å². The number of thioether (sulfide) groups is 1. The Morgan fingerprint density at radius 3 is 2.65 bits per heavy atom. The Kier molecular flexibility index (Phi) is 7.19. The van der Waals surface area contributed by atoms with Gasteiger partial charge in [-0.2, -0.15) is 5.10 Å². The number of halogens is 1. The summed E-state index contributed by atoms with van der Waals surface area (Å²) in [5.41, 5.74) is 1.71. The average Bonchev–Trinajstić information content (AvgIpc) is 3.12. The van der Waals surface area contributed by atoms with Gasteiger partial charge in [0.25, 0.3) is 5.91 Å². The summed E-state index contributed by atoms with van der Waals surface area (Å²) in [4.78, 5) is 23.2. The molecule has 156 valence electrons. The van der Waals surface area contributed by atoms with Crippen molar-refractivity contribution in [1.82, 2.24) is 5.32 Å². The maximum atomic E-state index is 13.7. The number of hydrogen-bond donors (Lipinski definition) is 1. The van der Waals surface area contributed by atoms with E-state index in [4.69, 9.17) is 4.74 Å². The van der Waals surface area contributed by atoms with Gasteiger partial charge in [0.15, 0.2) is 5.17 Å². The Morgan fingerprint density at radius 2 is 1.94 bits per heavy atom. The minimum Gasteiger partial charge on any atom is -0.497 e. The van der Waals surface area contributed by atoms with Crippen LogP contribution in [0, 0.1) is 17.7 Å². The van der Waals surface area contributed by atoms with E-state index in [1.54, 1.807) is 31.4 Å². The van der Waals surface area contributed by atoms with Gasteiger partial charge < -0.3 is 9.47 Å². The van der Waals surface area contributed by atoms with Gasteiger partial charge in [-0.05, 0) is 54.2 Å². The molecule has 1 aliphatic rings. The number of methoxy groups -OCH3 is 2. The molecular weight excluding hydrogens is 421 g/mol. The lowest BCUT2D eigenvalue weighted by Crippen LogP contribution is -2.19. The van der Waals surface area contributed by atoms with E-state index in [0.29, 0.717) is 16.9 Å². The number of carbonyl (C=O) groups is 2. The highest BCUT2D eigenvalue weighted by atomic mass is 32.2. The summed E-state index contributed by atoms with van der Waals surface area (Å²) < 4.78 is 23.3. The molecule has 1 amide bonds. The molecule has 1 saturated heterocycles. The van der Waals surface area contributed by atoms with Crippen molar-refractivity contribution in [3.8, 4) is 17.6 Å². The van der Waals surface area contributed by atoms with E-state index < -0.39 is 17.7 Å². The standard InChI is InChI=1S/C22H16FN3O4S/c1-29-18-9-4-14(5-10-18)3-6-15-11-17(23)8-7-16(15)13-24-26-22-25-21(28)19(31-22)12-20(27)30-2/h4-5,7-13H,1-2H3,(H,25,26,28)/b19-12+,24-13?. The van der Waals surface area contributed by atoms with Gasteiger partial charge in [-0.25, -0.2) is 9.18 Å². The largest absolute Gasteiger partial charge is 0.497 e. The SMILES string of the molecule is COC(=O)/C=C1/S/C(=N\N=Cc2ccc(F)cc2C#Cc2ccc(OC)cc2)NC1=O. The number of nitrogens with one attached hydrogen (secondary N) is 1. The number of ether oxygens (including phenoxy) is 2. The summed E-state index contributed by atoms with van der Waals surface area (Å²) in [6.45, 7) is 0. The molecule has 0 bridgehead atoms. The maximum Gasteiger partial charge on any atom is 0.331 e. The van der Waals surface area contributed by atoms with Crippen LogP contribution in [0.4, 0.5) is 4.39 Å². The molecule has 0 radical (unpaired) electrons. The van der Waals surface area contributed by atoms with Crippen molar-refractivity contribution in [3.63, 3.8) is 0 Å². The van der Waals surface area contributed by atoms with Crippen LogP contribution in [-0.2, 0) is 14.3 Å². The quantitative estimate of drug-likeness (QED) is 0.261. The molecule has 31 heavy (non-hydrogen) atoms. The lowest BCUT2D eigenvalue weighted by atomic mass is 10.1. The number of nitrogens with zero attached hydrogens (tertiary/aromatic N) is 2. The van der Waals surface area contributed by atoms with Gasteiger partial charge in [0.1, 0.15) is 11.6 Å². The number of benzene rings is 2. The second-order valence-electron chi connectivity index (χ2n) is 5.95. The van der Waals surface area contributed by atoms with E-state index >= 15 is 0 Å². The molecule has 0 spiro atoms. The average molecular weight is 437 g/mol. The zero-order valence-corrected chi connectivity index (χ0v) is 17.3. The third-order valence-electron chi connectivity index (χ3n) is 3.89. The predicted octanol–water partition coefficient (Wildman–Crippen LogP) is 2.84. The van der Waals surface area contributed by atoms with Gasteiger partial charge in [-0.1, -0.05) is 11.8 Å². The van der Waals surface area contributed by atoms with Gasteiger partial charge in [0.05, 0.1) is 25.3 Å². The highest BCUT2D eigenvalue weighted by molar-refractivity contribution is 8.18. The topological polar surface area (TPSA) is 89.3 Å². The molecule has 0 unspecified atom stereocenters. The van der Waals surface area contributed by atoms with Crippen LogP contribution in [0.5, 0.6) is 5.75 Å². The molecule has 0 atom stereocenters. The Morgan fingerprint density at radius 1 is 1.16 bits per heavy atom. The second kappa shape index (κ2) is 10.2. The lowest BCUT2D eigenvalue weighted by molar-refractivity contribution is -0.135. The second-order valence-corrected chi connectivity index (χ2v) is 6.98. The Labute approximate surface area is 182 Å². The van der Waals surface area contributed by atoms with Crippen LogP contribution >= 0.6 is 11.8 Å². The van der Waals surface area contributed by atoms with Crippen LogP contribution in [0.25, 0.3) is 0 Å². The van der Waals surface area contributed by atoms with Gasteiger partial charge >= 0.3 is 5.97 Å². The zero-order chi connectivity index (χ0) is 22.2.